The number of hydrogen-bond donors (Lipinski definition) is 1. The molecule has 2 aliphatic rings. The Bertz CT molecular complexity index is 583. The van der Waals surface area contributed by atoms with Crippen LogP contribution < -0.4 is 10.1 Å². The molecule has 4 heteroatoms. The molecule has 23 heavy (non-hydrogen) atoms. The minimum absolute atomic E-state index is 0.0215. The van der Waals surface area contributed by atoms with Crippen molar-refractivity contribution in [1.82, 2.24) is 10.2 Å². The SMILES string of the molecule is C[C@H]1CCCN(CCNC(=O)/C=C/c2ccc3c(c2)CCO3)C1. The Morgan fingerprint density at radius 1 is 1.48 bits per heavy atom. The molecule has 0 unspecified atom stereocenters. The Balaban J connectivity index is 1.42. The van der Waals surface area contributed by atoms with Crippen LogP contribution in [0.3, 0.4) is 0 Å². The van der Waals surface area contributed by atoms with Crippen LogP contribution in [0.5, 0.6) is 5.75 Å². The molecule has 1 atom stereocenters. The van der Waals surface area contributed by atoms with Crippen molar-refractivity contribution in [3.05, 3.63) is 35.4 Å². The van der Waals surface area contributed by atoms with Gasteiger partial charge in [0.15, 0.2) is 0 Å². The second kappa shape index (κ2) is 7.64. The molecule has 1 amide bonds. The predicted octanol–water partition coefficient (Wildman–Crippen LogP) is 2.48. The lowest BCUT2D eigenvalue weighted by atomic mass is 10.0. The number of hydrogen-bond acceptors (Lipinski definition) is 3. The fraction of sp³-hybridized carbons (Fsp3) is 0.526. The Morgan fingerprint density at radius 2 is 2.39 bits per heavy atom. The smallest absolute Gasteiger partial charge is 0.244 e. The van der Waals surface area contributed by atoms with Gasteiger partial charge < -0.3 is 15.0 Å². The minimum atomic E-state index is -0.0215. The van der Waals surface area contributed by atoms with Crippen LogP contribution in [0.4, 0.5) is 0 Å². The standard InChI is InChI=1S/C19H26N2O2/c1-15-3-2-10-21(14-15)11-9-20-19(22)7-5-16-4-6-18-17(13-16)8-12-23-18/h4-7,13,15H,2-3,8-12,14H2,1H3,(H,20,22)/b7-5+/t15-/m0/s1. The number of piperidine rings is 1. The number of nitrogens with one attached hydrogen (secondary N) is 1. The van der Waals surface area contributed by atoms with E-state index in [1.807, 2.05) is 18.2 Å². The summed E-state index contributed by atoms with van der Waals surface area (Å²) in [6.07, 6.45) is 7.05. The lowest BCUT2D eigenvalue weighted by molar-refractivity contribution is -0.116. The monoisotopic (exact) mass is 314 g/mol. The lowest BCUT2D eigenvalue weighted by Crippen LogP contribution is -2.39. The molecule has 4 nitrogen and oxygen atoms in total. The molecule has 0 aromatic heterocycles. The summed E-state index contributed by atoms with van der Waals surface area (Å²) in [6, 6.07) is 6.07. The maximum atomic E-state index is 11.9. The van der Waals surface area contributed by atoms with Crippen LogP contribution in [-0.2, 0) is 11.2 Å². The number of nitrogens with zero attached hydrogens (tertiary/aromatic N) is 1. The van der Waals surface area contributed by atoms with Gasteiger partial charge in [-0.05, 0) is 54.6 Å². The highest BCUT2D eigenvalue weighted by Gasteiger charge is 2.15. The Labute approximate surface area is 138 Å². The van der Waals surface area contributed by atoms with Gasteiger partial charge in [0.25, 0.3) is 0 Å². The van der Waals surface area contributed by atoms with Gasteiger partial charge in [-0.3, -0.25) is 4.79 Å². The third-order valence-corrected chi connectivity index (χ3v) is 4.61. The first-order valence-corrected chi connectivity index (χ1v) is 8.65. The van der Waals surface area contributed by atoms with Crippen LogP contribution in [0.15, 0.2) is 24.3 Å². The maximum Gasteiger partial charge on any atom is 0.244 e. The molecule has 124 valence electrons. The van der Waals surface area contributed by atoms with Crippen molar-refractivity contribution in [1.29, 1.82) is 0 Å². The van der Waals surface area contributed by atoms with Crippen LogP contribution in [0.1, 0.15) is 30.9 Å². The summed E-state index contributed by atoms with van der Waals surface area (Å²) >= 11 is 0. The number of likely N-dealkylation sites (tertiary alicyclic amines) is 1. The van der Waals surface area contributed by atoms with Crippen molar-refractivity contribution < 1.29 is 9.53 Å². The molecule has 1 saturated heterocycles. The minimum Gasteiger partial charge on any atom is -0.493 e. The first-order valence-electron chi connectivity index (χ1n) is 8.65. The topological polar surface area (TPSA) is 41.6 Å². The first kappa shape index (κ1) is 16.1. The zero-order chi connectivity index (χ0) is 16.1. The van der Waals surface area contributed by atoms with Gasteiger partial charge in [0.2, 0.25) is 5.91 Å². The molecule has 2 aliphatic heterocycles. The molecule has 1 aromatic rings. The van der Waals surface area contributed by atoms with Gasteiger partial charge in [-0.25, -0.2) is 0 Å². The molecule has 3 rings (SSSR count). The third-order valence-electron chi connectivity index (χ3n) is 4.61. The Morgan fingerprint density at radius 3 is 3.26 bits per heavy atom. The van der Waals surface area contributed by atoms with Crippen molar-refractivity contribution in [2.24, 2.45) is 5.92 Å². The highest BCUT2D eigenvalue weighted by atomic mass is 16.5. The Kier molecular flexibility index (Phi) is 5.34. The van der Waals surface area contributed by atoms with E-state index in [9.17, 15) is 4.79 Å². The van der Waals surface area contributed by atoms with Crippen molar-refractivity contribution in [2.75, 3.05) is 32.8 Å². The molecule has 0 spiro atoms. The summed E-state index contributed by atoms with van der Waals surface area (Å²) in [5.41, 5.74) is 2.28. The normalized spacial score (nSPS) is 21.2. The van der Waals surface area contributed by atoms with Crippen LogP contribution in [0.25, 0.3) is 6.08 Å². The van der Waals surface area contributed by atoms with E-state index in [0.717, 1.165) is 49.9 Å². The highest BCUT2D eigenvalue weighted by Crippen LogP contribution is 2.26. The van der Waals surface area contributed by atoms with Crippen molar-refractivity contribution in [3.8, 4) is 5.75 Å². The second-order valence-corrected chi connectivity index (χ2v) is 6.64. The van der Waals surface area contributed by atoms with E-state index in [2.05, 4.69) is 23.2 Å². The van der Waals surface area contributed by atoms with Gasteiger partial charge in [0, 0.05) is 32.1 Å². The van der Waals surface area contributed by atoms with Crippen LogP contribution in [0.2, 0.25) is 0 Å². The van der Waals surface area contributed by atoms with Gasteiger partial charge in [-0.15, -0.1) is 0 Å². The summed E-state index contributed by atoms with van der Waals surface area (Å²) in [7, 11) is 0. The number of fused-ring (bicyclic) bond motifs is 1. The fourth-order valence-corrected chi connectivity index (χ4v) is 3.37. The molecule has 0 radical (unpaired) electrons. The van der Waals surface area contributed by atoms with Gasteiger partial charge in [-0.2, -0.15) is 0 Å². The summed E-state index contributed by atoms with van der Waals surface area (Å²) in [5.74, 6) is 1.73. The lowest BCUT2D eigenvalue weighted by Gasteiger charge is -2.30. The second-order valence-electron chi connectivity index (χ2n) is 6.64. The molecule has 1 aromatic carbocycles. The van der Waals surface area contributed by atoms with E-state index in [4.69, 9.17) is 4.74 Å². The van der Waals surface area contributed by atoms with E-state index >= 15 is 0 Å². The van der Waals surface area contributed by atoms with Crippen LogP contribution >= 0.6 is 0 Å². The summed E-state index contributed by atoms with van der Waals surface area (Å²) in [5, 5.41) is 2.98. The van der Waals surface area contributed by atoms with Crippen molar-refractivity contribution in [3.63, 3.8) is 0 Å². The average molecular weight is 314 g/mol. The molecule has 0 aliphatic carbocycles. The van der Waals surface area contributed by atoms with Gasteiger partial charge >= 0.3 is 0 Å². The molecule has 1 N–H and O–H groups in total. The predicted molar refractivity (Wildman–Crippen MR) is 92.5 cm³/mol. The van der Waals surface area contributed by atoms with Crippen molar-refractivity contribution >= 4 is 12.0 Å². The molecular weight excluding hydrogens is 288 g/mol. The molecule has 0 saturated carbocycles. The molecule has 2 heterocycles. The quantitative estimate of drug-likeness (QED) is 0.849. The summed E-state index contributed by atoms with van der Waals surface area (Å²) in [4.78, 5) is 14.4. The van der Waals surface area contributed by atoms with E-state index in [1.54, 1.807) is 6.08 Å². The fourth-order valence-electron chi connectivity index (χ4n) is 3.37. The maximum absolute atomic E-state index is 11.9. The summed E-state index contributed by atoms with van der Waals surface area (Å²) < 4.78 is 5.49. The van der Waals surface area contributed by atoms with E-state index in [1.165, 1.54) is 18.4 Å². The van der Waals surface area contributed by atoms with E-state index in [-0.39, 0.29) is 5.91 Å². The van der Waals surface area contributed by atoms with Crippen LogP contribution in [-0.4, -0.2) is 43.6 Å². The van der Waals surface area contributed by atoms with Gasteiger partial charge in [0.05, 0.1) is 6.61 Å². The van der Waals surface area contributed by atoms with Crippen LogP contribution in [0, 0.1) is 5.92 Å². The molecular formula is C19H26N2O2. The number of amides is 1. The highest BCUT2D eigenvalue weighted by molar-refractivity contribution is 5.91. The number of carbonyl (C=O) groups excluding carboxylic acids is 1. The zero-order valence-electron chi connectivity index (χ0n) is 13.9. The van der Waals surface area contributed by atoms with Gasteiger partial charge in [0.1, 0.15) is 5.75 Å². The van der Waals surface area contributed by atoms with E-state index in [0.29, 0.717) is 6.54 Å². The number of benzene rings is 1. The first-order chi connectivity index (χ1) is 11.2. The van der Waals surface area contributed by atoms with Gasteiger partial charge in [-0.1, -0.05) is 13.0 Å². The Hall–Kier alpha value is -1.81. The van der Waals surface area contributed by atoms with E-state index < -0.39 is 0 Å². The molecule has 0 bridgehead atoms. The number of ether oxygens (including phenoxy) is 1. The average Bonchev–Trinajstić information content (AvgIpc) is 3.00. The number of rotatable bonds is 5. The number of carbonyl (C=O) groups is 1. The third kappa shape index (κ3) is 4.58. The largest absolute Gasteiger partial charge is 0.493 e. The zero-order valence-corrected chi connectivity index (χ0v) is 13.9. The van der Waals surface area contributed by atoms with Crippen molar-refractivity contribution in [2.45, 2.75) is 26.2 Å². The molecule has 1 fully saturated rings. The summed E-state index contributed by atoms with van der Waals surface area (Å²) in [6.45, 7) is 7.04.